The summed E-state index contributed by atoms with van der Waals surface area (Å²) in [5, 5.41) is 0. The second-order valence-electron chi connectivity index (χ2n) is 10.5. The third kappa shape index (κ3) is 5.26. The van der Waals surface area contributed by atoms with Crippen LogP contribution in [0.3, 0.4) is 0 Å². The summed E-state index contributed by atoms with van der Waals surface area (Å²) in [6, 6.07) is 9.50. The zero-order chi connectivity index (χ0) is 23.8. The van der Waals surface area contributed by atoms with Gasteiger partial charge < -0.3 is 4.74 Å². The first-order chi connectivity index (χ1) is 15.6. The first-order valence-corrected chi connectivity index (χ1v) is 11.7. The summed E-state index contributed by atoms with van der Waals surface area (Å²) in [5.41, 5.74) is 1.04. The van der Waals surface area contributed by atoms with E-state index in [0.717, 1.165) is 24.0 Å². The third-order valence-corrected chi connectivity index (χ3v) is 6.79. The van der Waals surface area contributed by atoms with Crippen molar-refractivity contribution in [3.05, 3.63) is 70.3 Å². The Hall–Kier alpha value is -2.34. The van der Waals surface area contributed by atoms with Crippen LogP contribution in [0.25, 0.3) is 0 Å². The number of esters is 1. The van der Waals surface area contributed by atoms with Gasteiger partial charge in [0, 0.05) is 12.0 Å². The standard InChI is InChI=1S/C27H32F3NO2/c1-26(2,3)33-25(32)22-11-6-19(23(24(22)30)18-4-5-18)16-31-14-12-27(17-28,13-15-31)20-7-9-21(29)10-8-20/h6-11,18H,4-5,12-17H2,1-3H3. The molecule has 1 aliphatic carbocycles. The SMILES string of the molecule is CC(C)(C)OC(=O)c1ccc(CN2CCC(CF)(c3ccc(F)cc3)CC2)c(C2CC2)c1F. The minimum absolute atomic E-state index is 0.0121. The van der Waals surface area contributed by atoms with E-state index in [0.29, 0.717) is 38.0 Å². The van der Waals surface area contributed by atoms with E-state index in [9.17, 15) is 13.6 Å². The summed E-state index contributed by atoms with van der Waals surface area (Å²) in [6.45, 7) is 6.69. The molecule has 0 radical (unpaired) electrons. The largest absolute Gasteiger partial charge is 0.456 e. The van der Waals surface area contributed by atoms with Crippen molar-refractivity contribution in [1.82, 2.24) is 4.90 Å². The molecular weight excluding hydrogens is 427 g/mol. The van der Waals surface area contributed by atoms with Gasteiger partial charge in [0.05, 0.1) is 12.2 Å². The molecule has 3 nitrogen and oxygen atoms in total. The summed E-state index contributed by atoms with van der Waals surface area (Å²) in [7, 11) is 0. The van der Waals surface area contributed by atoms with Crippen LogP contribution >= 0.6 is 0 Å². The second-order valence-corrected chi connectivity index (χ2v) is 10.5. The van der Waals surface area contributed by atoms with Crippen molar-refractivity contribution in [2.45, 2.75) is 69.9 Å². The highest BCUT2D eigenvalue weighted by Crippen LogP contribution is 2.44. The van der Waals surface area contributed by atoms with E-state index in [-0.39, 0.29) is 17.3 Å². The Bertz CT molecular complexity index is 1000. The number of piperidine rings is 1. The van der Waals surface area contributed by atoms with Crippen LogP contribution in [0.5, 0.6) is 0 Å². The Morgan fingerprint density at radius 3 is 2.24 bits per heavy atom. The van der Waals surface area contributed by atoms with E-state index in [1.54, 1.807) is 32.9 Å². The molecule has 2 aromatic rings. The molecule has 0 unspecified atom stereocenters. The number of alkyl halides is 1. The van der Waals surface area contributed by atoms with Crippen molar-refractivity contribution in [1.29, 1.82) is 0 Å². The highest BCUT2D eigenvalue weighted by atomic mass is 19.1. The van der Waals surface area contributed by atoms with E-state index in [2.05, 4.69) is 4.90 Å². The average molecular weight is 460 g/mol. The molecule has 0 bridgehead atoms. The Labute approximate surface area is 193 Å². The molecule has 1 saturated heterocycles. The summed E-state index contributed by atoms with van der Waals surface area (Å²) in [5.74, 6) is -1.30. The molecule has 0 N–H and O–H groups in total. The van der Waals surface area contributed by atoms with Crippen molar-refractivity contribution in [2.24, 2.45) is 0 Å². The molecule has 1 saturated carbocycles. The zero-order valence-electron chi connectivity index (χ0n) is 19.6. The molecule has 0 atom stereocenters. The van der Waals surface area contributed by atoms with Crippen LogP contribution in [0, 0.1) is 11.6 Å². The number of carbonyl (C=O) groups excluding carboxylic acids is 1. The number of likely N-dealkylation sites (tertiary alicyclic amines) is 1. The fourth-order valence-corrected chi connectivity index (χ4v) is 4.76. The maximum absolute atomic E-state index is 15.4. The third-order valence-electron chi connectivity index (χ3n) is 6.79. The first kappa shape index (κ1) is 23.8. The van der Waals surface area contributed by atoms with Crippen LogP contribution in [0.4, 0.5) is 13.2 Å². The van der Waals surface area contributed by atoms with Crippen LogP contribution in [0.1, 0.15) is 79.4 Å². The Kier molecular flexibility index (Phi) is 6.59. The van der Waals surface area contributed by atoms with Crippen LogP contribution in [0.15, 0.2) is 36.4 Å². The van der Waals surface area contributed by atoms with Gasteiger partial charge >= 0.3 is 5.97 Å². The van der Waals surface area contributed by atoms with E-state index in [1.807, 2.05) is 6.07 Å². The molecule has 6 heteroatoms. The van der Waals surface area contributed by atoms with Gasteiger partial charge in [0.2, 0.25) is 0 Å². The highest BCUT2D eigenvalue weighted by Gasteiger charge is 2.38. The highest BCUT2D eigenvalue weighted by molar-refractivity contribution is 5.90. The molecule has 0 spiro atoms. The number of nitrogens with zero attached hydrogens (tertiary/aromatic N) is 1. The van der Waals surface area contributed by atoms with Crippen LogP contribution < -0.4 is 0 Å². The molecule has 178 valence electrons. The van der Waals surface area contributed by atoms with Gasteiger partial charge in [0.15, 0.2) is 0 Å². The molecule has 1 heterocycles. The van der Waals surface area contributed by atoms with Gasteiger partial charge in [-0.1, -0.05) is 18.2 Å². The summed E-state index contributed by atoms with van der Waals surface area (Å²) in [6.07, 6.45) is 3.06. The number of hydrogen-bond donors (Lipinski definition) is 0. The number of halogens is 3. The lowest BCUT2D eigenvalue weighted by Gasteiger charge is -2.41. The van der Waals surface area contributed by atoms with E-state index in [1.165, 1.54) is 18.2 Å². The van der Waals surface area contributed by atoms with Gasteiger partial charge in [-0.05, 0) is 100 Å². The van der Waals surface area contributed by atoms with Crippen LogP contribution in [-0.2, 0) is 16.7 Å². The average Bonchev–Trinajstić information content (AvgIpc) is 3.59. The minimum Gasteiger partial charge on any atom is -0.456 e. The summed E-state index contributed by atoms with van der Waals surface area (Å²) in [4.78, 5) is 14.7. The molecular formula is C27H32F3NO2. The number of carbonyl (C=O) groups is 1. The second kappa shape index (κ2) is 9.13. The van der Waals surface area contributed by atoms with E-state index in [4.69, 9.17) is 4.74 Å². The maximum atomic E-state index is 15.4. The molecule has 2 aromatic carbocycles. The smallest absolute Gasteiger partial charge is 0.341 e. The Balaban J connectivity index is 1.50. The monoisotopic (exact) mass is 459 g/mol. The van der Waals surface area contributed by atoms with Gasteiger partial charge in [-0.3, -0.25) is 9.29 Å². The van der Waals surface area contributed by atoms with Crippen LogP contribution in [0.2, 0.25) is 0 Å². The Morgan fingerprint density at radius 1 is 1.06 bits per heavy atom. The number of rotatable bonds is 6. The van der Waals surface area contributed by atoms with Crippen molar-refractivity contribution >= 4 is 5.97 Å². The molecule has 33 heavy (non-hydrogen) atoms. The van der Waals surface area contributed by atoms with Gasteiger partial charge in [-0.25, -0.2) is 13.6 Å². The predicted molar refractivity (Wildman–Crippen MR) is 122 cm³/mol. The Morgan fingerprint density at radius 2 is 1.70 bits per heavy atom. The topological polar surface area (TPSA) is 29.5 Å². The molecule has 0 aromatic heterocycles. The predicted octanol–water partition coefficient (Wildman–Crippen LogP) is 6.30. The molecule has 2 aliphatic rings. The lowest BCUT2D eigenvalue weighted by atomic mass is 9.74. The summed E-state index contributed by atoms with van der Waals surface area (Å²) < 4.78 is 48.3. The minimum atomic E-state index is -0.691. The van der Waals surface area contributed by atoms with Crippen molar-refractivity contribution < 1.29 is 22.7 Å². The molecule has 0 amide bonds. The normalized spacial score (nSPS) is 18.8. The lowest BCUT2D eigenvalue weighted by molar-refractivity contribution is 0.00644. The molecule has 4 rings (SSSR count). The van der Waals surface area contributed by atoms with Gasteiger partial charge in [-0.2, -0.15) is 0 Å². The van der Waals surface area contributed by atoms with Gasteiger partial charge in [0.25, 0.3) is 0 Å². The quantitative estimate of drug-likeness (QED) is 0.475. The fraction of sp³-hybridized carbons (Fsp3) is 0.519. The maximum Gasteiger partial charge on any atom is 0.341 e. The number of hydrogen-bond acceptors (Lipinski definition) is 3. The van der Waals surface area contributed by atoms with E-state index < -0.39 is 29.5 Å². The number of ether oxygens (including phenoxy) is 1. The summed E-state index contributed by atoms with van der Waals surface area (Å²) >= 11 is 0. The fourth-order valence-electron chi connectivity index (χ4n) is 4.76. The van der Waals surface area contributed by atoms with Gasteiger partial charge in [0.1, 0.15) is 17.2 Å². The van der Waals surface area contributed by atoms with Crippen molar-refractivity contribution in [3.63, 3.8) is 0 Å². The van der Waals surface area contributed by atoms with Crippen molar-refractivity contribution in [2.75, 3.05) is 19.8 Å². The molecule has 2 fully saturated rings. The lowest BCUT2D eigenvalue weighted by Crippen LogP contribution is -2.43. The van der Waals surface area contributed by atoms with Crippen LogP contribution in [-0.4, -0.2) is 36.2 Å². The van der Waals surface area contributed by atoms with Gasteiger partial charge in [-0.15, -0.1) is 0 Å². The van der Waals surface area contributed by atoms with E-state index >= 15 is 4.39 Å². The van der Waals surface area contributed by atoms with Crippen molar-refractivity contribution in [3.8, 4) is 0 Å². The number of benzene rings is 2. The zero-order valence-corrected chi connectivity index (χ0v) is 19.6. The molecule has 1 aliphatic heterocycles. The first-order valence-electron chi connectivity index (χ1n) is 11.7.